The third-order valence-corrected chi connectivity index (χ3v) is 5.48. The van der Waals surface area contributed by atoms with Crippen LogP contribution in [-0.2, 0) is 11.3 Å². The number of rotatable bonds is 6. The second-order valence-electron chi connectivity index (χ2n) is 6.44. The molecule has 3 aromatic heterocycles. The molecule has 3 heterocycles. The molecule has 0 aliphatic heterocycles. The number of aryl methyl sites for hydroxylation is 2. The molecule has 0 atom stereocenters. The summed E-state index contributed by atoms with van der Waals surface area (Å²) in [7, 11) is 0. The van der Waals surface area contributed by atoms with Crippen LogP contribution < -0.4 is 4.74 Å². The summed E-state index contributed by atoms with van der Waals surface area (Å²) in [5.74, 6) is 1.33. The summed E-state index contributed by atoms with van der Waals surface area (Å²) in [5, 5.41) is 10.8. The van der Waals surface area contributed by atoms with E-state index in [1.165, 1.54) is 11.3 Å². The molecule has 0 saturated carbocycles. The van der Waals surface area contributed by atoms with Gasteiger partial charge in [0.15, 0.2) is 0 Å². The molecule has 0 aliphatic carbocycles. The van der Waals surface area contributed by atoms with Crippen LogP contribution in [0, 0.1) is 13.8 Å². The third kappa shape index (κ3) is 3.84. The van der Waals surface area contributed by atoms with Crippen molar-refractivity contribution in [2.75, 3.05) is 6.61 Å². The van der Waals surface area contributed by atoms with Crippen molar-refractivity contribution < 1.29 is 18.7 Å². The lowest BCUT2D eigenvalue weighted by Gasteiger charge is -2.10. The van der Waals surface area contributed by atoms with Gasteiger partial charge in [-0.25, -0.2) is 4.79 Å². The topological polar surface area (TPSA) is 87.3 Å². The molecule has 0 amide bonds. The average Bonchev–Trinajstić information content (AvgIpc) is 3.33. The fraction of sp³-hybridized carbons (Fsp3) is 0.238. The lowest BCUT2D eigenvalue weighted by molar-refractivity contribution is 0.0528. The van der Waals surface area contributed by atoms with Crippen LogP contribution in [0.15, 0.2) is 40.4 Å². The molecule has 148 valence electrons. The van der Waals surface area contributed by atoms with Crippen LogP contribution in [0.4, 0.5) is 0 Å². The molecule has 7 nitrogen and oxygen atoms in total. The van der Waals surface area contributed by atoms with Crippen LogP contribution in [0.1, 0.15) is 34.3 Å². The van der Waals surface area contributed by atoms with Crippen LogP contribution in [-0.4, -0.2) is 27.8 Å². The minimum atomic E-state index is -0.363. The summed E-state index contributed by atoms with van der Waals surface area (Å²) in [6.07, 6.45) is 3.29. The van der Waals surface area contributed by atoms with E-state index in [2.05, 4.69) is 15.2 Å². The monoisotopic (exact) mass is 409 g/mol. The quantitative estimate of drug-likeness (QED) is 0.426. The molecule has 29 heavy (non-hydrogen) atoms. The Labute approximate surface area is 171 Å². The van der Waals surface area contributed by atoms with Gasteiger partial charge in [0.1, 0.15) is 12.4 Å². The maximum Gasteiger partial charge on any atom is 0.341 e. The van der Waals surface area contributed by atoms with Gasteiger partial charge in [0.25, 0.3) is 0 Å². The Morgan fingerprint density at radius 3 is 2.83 bits per heavy atom. The molecule has 8 heteroatoms. The predicted molar refractivity (Wildman–Crippen MR) is 109 cm³/mol. The summed E-state index contributed by atoms with van der Waals surface area (Å²) in [4.78, 5) is 16.4. The summed E-state index contributed by atoms with van der Waals surface area (Å²) < 4.78 is 17.6. The molecule has 0 bridgehead atoms. The number of nitrogens with zero attached hydrogens (tertiary/aromatic N) is 3. The fourth-order valence-corrected chi connectivity index (χ4v) is 3.95. The van der Waals surface area contributed by atoms with Crippen LogP contribution in [0.2, 0.25) is 0 Å². The zero-order chi connectivity index (χ0) is 20.4. The molecule has 0 fully saturated rings. The minimum absolute atomic E-state index is 0.325. The smallest absolute Gasteiger partial charge is 0.341 e. The number of hydrogen-bond donors (Lipinski definition) is 0. The zero-order valence-corrected chi connectivity index (χ0v) is 17.1. The average molecular weight is 409 g/mol. The number of pyridine rings is 1. The molecule has 4 rings (SSSR count). The molecule has 0 aliphatic rings. The highest BCUT2D eigenvalue weighted by Crippen LogP contribution is 2.31. The number of carbonyl (C=O) groups is 1. The highest BCUT2D eigenvalue weighted by molar-refractivity contribution is 7.17. The number of esters is 1. The van der Waals surface area contributed by atoms with Crippen molar-refractivity contribution >= 4 is 27.4 Å². The predicted octanol–water partition coefficient (Wildman–Crippen LogP) is 4.72. The number of aromatic nitrogens is 3. The van der Waals surface area contributed by atoms with Crippen molar-refractivity contribution in [3.8, 4) is 17.2 Å². The van der Waals surface area contributed by atoms with Gasteiger partial charge in [-0.05, 0) is 36.9 Å². The molecular weight excluding hydrogens is 390 g/mol. The first-order chi connectivity index (χ1) is 14.1. The van der Waals surface area contributed by atoms with Crippen molar-refractivity contribution in [1.82, 2.24) is 15.2 Å². The van der Waals surface area contributed by atoms with E-state index in [0.29, 0.717) is 30.6 Å². The second-order valence-corrected chi connectivity index (χ2v) is 7.32. The van der Waals surface area contributed by atoms with Crippen LogP contribution in [0.25, 0.3) is 21.5 Å². The van der Waals surface area contributed by atoms with Crippen molar-refractivity contribution in [2.45, 2.75) is 27.4 Å². The first kappa shape index (κ1) is 19.1. The lowest BCUT2D eigenvalue weighted by Crippen LogP contribution is -2.05. The van der Waals surface area contributed by atoms with E-state index in [1.54, 1.807) is 26.2 Å². The molecule has 1 aromatic carbocycles. The molecule has 0 unspecified atom stereocenters. The Bertz CT molecular complexity index is 1180. The molecule has 0 N–H and O–H groups in total. The van der Waals surface area contributed by atoms with Gasteiger partial charge in [-0.3, -0.25) is 4.98 Å². The highest BCUT2D eigenvalue weighted by atomic mass is 32.1. The largest absolute Gasteiger partial charge is 0.489 e. The first-order valence-corrected chi connectivity index (χ1v) is 10.00. The van der Waals surface area contributed by atoms with Gasteiger partial charge in [-0.1, -0.05) is 6.07 Å². The minimum Gasteiger partial charge on any atom is -0.489 e. The van der Waals surface area contributed by atoms with Crippen LogP contribution in [0.3, 0.4) is 0 Å². The van der Waals surface area contributed by atoms with E-state index < -0.39 is 0 Å². The number of ether oxygens (including phenoxy) is 2. The molecule has 4 aromatic rings. The third-order valence-electron chi connectivity index (χ3n) is 4.40. The van der Waals surface area contributed by atoms with Crippen LogP contribution in [0.5, 0.6) is 5.75 Å². The van der Waals surface area contributed by atoms with Gasteiger partial charge in [0.2, 0.25) is 11.8 Å². The summed E-state index contributed by atoms with van der Waals surface area (Å²) >= 11 is 1.48. The van der Waals surface area contributed by atoms with E-state index in [4.69, 9.17) is 13.9 Å². The van der Waals surface area contributed by atoms with E-state index in [0.717, 1.165) is 32.5 Å². The first-order valence-electron chi connectivity index (χ1n) is 9.12. The van der Waals surface area contributed by atoms with Gasteiger partial charge < -0.3 is 13.9 Å². The van der Waals surface area contributed by atoms with Gasteiger partial charge in [0, 0.05) is 35.8 Å². The Hall–Kier alpha value is -3.26. The van der Waals surface area contributed by atoms with Gasteiger partial charge in [-0.2, -0.15) is 0 Å². The van der Waals surface area contributed by atoms with Gasteiger partial charge in [0.05, 0.1) is 16.9 Å². The zero-order valence-electron chi connectivity index (χ0n) is 16.3. The summed E-state index contributed by atoms with van der Waals surface area (Å²) in [5.41, 5.74) is 3.23. The Kier molecular flexibility index (Phi) is 5.26. The Balaban J connectivity index is 1.59. The van der Waals surface area contributed by atoms with Gasteiger partial charge >= 0.3 is 5.97 Å². The highest BCUT2D eigenvalue weighted by Gasteiger charge is 2.16. The molecular formula is C21H19N3O4S. The van der Waals surface area contributed by atoms with Crippen molar-refractivity contribution in [2.24, 2.45) is 0 Å². The molecule has 0 saturated heterocycles. The van der Waals surface area contributed by atoms with E-state index >= 15 is 0 Å². The van der Waals surface area contributed by atoms with Crippen LogP contribution >= 0.6 is 11.3 Å². The van der Waals surface area contributed by atoms with Crippen molar-refractivity contribution in [3.05, 3.63) is 58.6 Å². The number of benzene rings is 1. The Morgan fingerprint density at radius 1 is 1.21 bits per heavy atom. The van der Waals surface area contributed by atoms with E-state index in [-0.39, 0.29) is 5.97 Å². The fourth-order valence-electron chi connectivity index (χ4n) is 2.92. The second kappa shape index (κ2) is 8.00. The summed E-state index contributed by atoms with van der Waals surface area (Å²) in [6.45, 7) is 6.19. The molecule has 0 radical (unpaired) electrons. The SMILES string of the molecule is CCOC(=O)c1cncc2c(COc3cc(-c4nnc(C)o4)ccc3C)csc12. The van der Waals surface area contributed by atoms with Gasteiger partial charge in [-0.15, -0.1) is 21.5 Å². The summed E-state index contributed by atoms with van der Waals surface area (Å²) in [6, 6.07) is 5.76. The number of hydrogen-bond acceptors (Lipinski definition) is 8. The standard InChI is InChI=1S/C21H19N3O4S/c1-4-26-21(25)17-9-22-8-16-15(11-29-19(16)17)10-27-18-7-14(6-5-12(18)2)20-24-23-13(3)28-20/h5-9,11H,4,10H2,1-3H3. The maximum absolute atomic E-state index is 12.2. The van der Waals surface area contributed by atoms with E-state index in [1.807, 2.05) is 30.5 Å². The Morgan fingerprint density at radius 2 is 2.07 bits per heavy atom. The normalized spacial score (nSPS) is 11.0. The number of carbonyl (C=O) groups excluding carboxylic acids is 1. The van der Waals surface area contributed by atoms with E-state index in [9.17, 15) is 4.79 Å². The number of fused-ring (bicyclic) bond motifs is 1. The maximum atomic E-state index is 12.2. The number of thiophene rings is 1. The van der Waals surface area contributed by atoms with Crippen molar-refractivity contribution in [3.63, 3.8) is 0 Å². The lowest BCUT2D eigenvalue weighted by atomic mass is 10.1. The van der Waals surface area contributed by atoms with Crippen molar-refractivity contribution in [1.29, 1.82) is 0 Å². The molecule has 0 spiro atoms.